The fraction of sp³-hybridized carbons (Fsp3) is 0.533. The van der Waals surface area contributed by atoms with Crippen molar-refractivity contribution in [1.82, 2.24) is 0 Å². The Morgan fingerprint density at radius 2 is 1.95 bits per heavy atom. The minimum absolute atomic E-state index is 0.199. The van der Waals surface area contributed by atoms with Crippen LogP contribution in [-0.4, -0.2) is 37.5 Å². The second kappa shape index (κ2) is 9.53. The van der Waals surface area contributed by atoms with Crippen molar-refractivity contribution in [3.05, 3.63) is 35.9 Å². The Balaban J connectivity index is 2.41. The number of rotatable bonds is 9. The molecule has 0 aromatic heterocycles. The molecule has 0 aliphatic carbocycles. The van der Waals surface area contributed by atoms with Crippen molar-refractivity contribution in [3.63, 3.8) is 0 Å². The van der Waals surface area contributed by atoms with E-state index in [1.54, 1.807) is 0 Å². The SMILES string of the molecule is COC(=O)C(Cc1ccccc1)OCCCCCO. The number of benzene rings is 1. The molecule has 0 heterocycles. The summed E-state index contributed by atoms with van der Waals surface area (Å²) in [6.07, 6.45) is 2.47. The highest BCUT2D eigenvalue weighted by molar-refractivity contribution is 5.74. The Morgan fingerprint density at radius 1 is 1.21 bits per heavy atom. The molecule has 0 fully saturated rings. The maximum Gasteiger partial charge on any atom is 0.335 e. The fourth-order valence-corrected chi connectivity index (χ4v) is 1.79. The van der Waals surface area contributed by atoms with E-state index in [2.05, 4.69) is 0 Å². The fourth-order valence-electron chi connectivity index (χ4n) is 1.79. The van der Waals surface area contributed by atoms with Crippen LogP contribution in [0.25, 0.3) is 0 Å². The number of aliphatic hydroxyl groups is 1. The number of carbonyl (C=O) groups is 1. The van der Waals surface area contributed by atoms with Crippen LogP contribution in [0.15, 0.2) is 30.3 Å². The third kappa shape index (κ3) is 6.36. The van der Waals surface area contributed by atoms with Gasteiger partial charge in [-0.15, -0.1) is 0 Å². The van der Waals surface area contributed by atoms with Gasteiger partial charge in [-0.05, 0) is 24.8 Å². The van der Waals surface area contributed by atoms with Gasteiger partial charge in [0.1, 0.15) is 0 Å². The standard InChI is InChI=1S/C15H22O4/c1-18-15(17)14(19-11-7-3-6-10-16)12-13-8-4-2-5-9-13/h2,4-5,8-9,14,16H,3,6-7,10-12H2,1H3. The number of ether oxygens (including phenoxy) is 2. The number of methoxy groups -OCH3 is 1. The summed E-state index contributed by atoms with van der Waals surface area (Å²) in [7, 11) is 1.37. The Bertz CT molecular complexity index is 350. The molecule has 0 amide bonds. The smallest absolute Gasteiger partial charge is 0.335 e. The number of unbranched alkanes of at least 4 members (excludes halogenated alkanes) is 2. The number of aliphatic hydroxyl groups excluding tert-OH is 1. The number of carbonyl (C=O) groups excluding carboxylic acids is 1. The van der Waals surface area contributed by atoms with E-state index in [0.29, 0.717) is 13.0 Å². The Morgan fingerprint density at radius 3 is 2.58 bits per heavy atom. The van der Waals surface area contributed by atoms with Gasteiger partial charge < -0.3 is 14.6 Å². The Hall–Kier alpha value is -1.39. The second-order valence-electron chi connectivity index (χ2n) is 4.36. The predicted octanol–water partition coefficient (Wildman–Crippen LogP) is 1.95. The van der Waals surface area contributed by atoms with Crippen molar-refractivity contribution in [2.45, 2.75) is 31.8 Å². The van der Waals surface area contributed by atoms with Crippen molar-refractivity contribution in [2.24, 2.45) is 0 Å². The summed E-state index contributed by atoms with van der Waals surface area (Å²) < 4.78 is 10.3. The van der Waals surface area contributed by atoms with Crippen LogP contribution in [0, 0.1) is 0 Å². The van der Waals surface area contributed by atoms with Gasteiger partial charge in [0.15, 0.2) is 6.10 Å². The van der Waals surface area contributed by atoms with Crippen molar-refractivity contribution in [2.75, 3.05) is 20.3 Å². The summed E-state index contributed by atoms with van der Waals surface area (Å²) in [4.78, 5) is 11.6. The Kier molecular flexibility index (Phi) is 7.86. The van der Waals surface area contributed by atoms with Gasteiger partial charge in [0, 0.05) is 19.6 Å². The molecule has 0 spiro atoms. The van der Waals surface area contributed by atoms with Gasteiger partial charge in [0.2, 0.25) is 0 Å². The number of esters is 1. The van der Waals surface area contributed by atoms with Crippen LogP contribution in [0.3, 0.4) is 0 Å². The van der Waals surface area contributed by atoms with Crippen molar-refractivity contribution in [1.29, 1.82) is 0 Å². The summed E-state index contributed by atoms with van der Waals surface area (Å²) in [5, 5.41) is 8.68. The van der Waals surface area contributed by atoms with Crippen LogP contribution >= 0.6 is 0 Å². The van der Waals surface area contributed by atoms with Gasteiger partial charge in [-0.3, -0.25) is 0 Å². The van der Waals surface area contributed by atoms with Gasteiger partial charge in [-0.25, -0.2) is 4.79 Å². The molecule has 1 unspecified atom stereocenters. The first-order chi connectivity index (χ1) is 9.27. The van der Waals surface area contributed by atoms with Crippen LogP contribution in [0.1, 0.15) is 24.8 Å². The molecule has 0 saturated heterocycles. The summed E-state index contributed by atoms with van der Waals surface area (Å²) in [6, 6.07) is 9.73. The molecule has 1 N–H and O–H groups in total. The lowest BCUT2D eigenvalue weighted by molar-refractivity contribution is -0.154. The maximum atomic E-state index is 11.6. The largest absolute Gasteiger partial charge is 0.467 e. The van der Waals surface area contributed by atoms with Crippen molar-refractivity contribution < 1.29 is 19.4 Å². The van der Waals surface area contributed by atoms with Gasteiger partial charge in [0.05, 0.1) is 7.11 Å². The highest BCUT2D eigenvalue weighted by atomic mass is 16.6. The zero-order chi connectivity index (χ0) is 13.9. The first-order valence-electron chi connectivity index (χ1n) is 6.62. The van der Waals surface area contributed by atoms with E-state index in [1.165, 1.54) is 7.11 Å². The predicted molar refractivity (Wildman–Crippen MR) is 72.8 cm³/mol. The minimum atomic E-state index is -0.554. The number of hydrogen-bond donors (Lipinski definition) is 1. The third-order valence-electron chi connectivity index (χ3n) is 2.85. The molecule has 0 bridgehead atoms. The van der Waals surface area contributed by atoms with Crippen LogP contribution in [0.4, 0.5) is 0 Å². The van der Waals surface area contributed by atoms with E-state index in [0.717, 1.165) is 24.8 Å². The van der Waals surface area contributed by atoms with E-state index in [1.807, 2.05) is 30.3 Å². The minimum Gasteiger partial charge on any atom is -0.467 e. The van der Waals surface area contributed by atoms with Crippen LogP contribution < -0.4 is 0 Å². The maximum absolute atomic E-state index is 11.6. The monoisotopic (exact) mass is 266 g/mol. The van der Waals surface area contributed by atoms with Gasteiger partial charge in [-0.2, -0.15) is 0 Å². The van der Waals surface area contributed by atoms with E-state index < -0.39 is 6.10 Å². The van der Waals surface area contributed by atoms with Gasteiger partial charge >= 0.3 is 5.97 Å². The van der Waals surface area contributed by atoms with Crippen LogP contribution in [-0.2, 0) is 20.7 Å². The third-order valence-corrected chi connectivity index (χ3v) is 2.85. The summed E-state index contributed by atoms with van der Waals surface area (Å²) in [6.45, 7) is 0.705. The summed E-state index contributed by atoms with van der Waals surface area (Å²) in [5.41, 5.74) is 1.05. The molecule has 0 aliphatic heterocycles. The van der Waals surface area contributed by atoms with E-state index in [9.17, 15) is 4.79 Å². The van der Waals surface area contributed by atoms with Crippen molar-refractivity contribution >= 4 is 5.97 Å². The highest BCUT2D eigenvalue weighted by Gasteiger charge is 2.20. The molecule has 1 rings (SSSR count). The molecule has 1 aromatic rings. The van der Waals surface area contributed by atoms with Gasteiger partial charge in [-0.1, -0.05) is 30.3 Å². The molecule has 1 atom stereocenters. The van der Waals surface area contributed by atoms with Gasteiger partial charge in [0.25, 0.3) is 0 Å². The molecular formula is C15H22O4. The Labute approximate surface area is 114 Å². The molecule has 1 aromatic carbocycles. The lowest BCUT2D eigenvalue weighted by atomic mass is 10.1. The molecule has 0 aliphatic rings. The van der Waals surface area contributed by atoms with Crippen LogP contribution in [0.2, 0.25) is 0 Å². The molecular weight excluding hydrogens is 244 g/mol. The topological polar surface area (TPSA) is 55.8 Å². The molecule has 4 heteroatoms. The van der Waals surface area contributed by atoms with E-state index in [-0.39, 0.29) is 12.6 Å². The lowest BCUT2D eigenvalue weighted by Gasteiger charge is -2.15. The van der Waals surface area contributed by atoms with Crippen molar-refractivity contribution in [3.8, 4) is 0 Å². The number of hydrogen-bond acceptors (Lipinski definition) is 4. The average molecular weight is 266 g/mol. The first kappa shape index (κ1) is 15.7. The normalized spacial score (nSPS) is 12.1. The summed E-state index contributed by atoms with van der Waals surface area (Å²) in [5.74, 6) is -0.342. The van der Waals surface area contributed by atoms with E-state index >= 15 is 0 Å². The molecule has 4 nitrogen and oxygen atoms in total. The van der Waals surface area contributed by atoms with Crippen LogP contribution in [0.5, 0.6) is 0 Å². The average Bonchev–Trinajstić information content (AvgIpc) is 2.46. The summed E-state index contributed by atoms with van der Waals surface area (Å²) >= 11 is 0. The lowest BCUT2D eigenvalue weighted by Crippen LogP contribution is -2.28. The first-order valence-corrected chi connectivity index (χ1v) is 6.62. The molecule has 0 saturated carbocycles. The second-order valence-corrected chi connectivity index (χ2v) is 4.36. The zero-order valence-corrected chi connectivity index (χ0v) is 11.4. The highest BCUT2D eigenvalue weighted by Crippen LogP contribution is 2.08. The molecule has 106 valence electrons. The zero-order valence-electron chi connectivity index (χ0n) is 11.4. The van der Waals surface area contributed by atoms with E-state index in [4.69, 9.17) is 14.6 Å². The molecule has 19 heavy (non-hydrogen) atoms. The molecule has 0 radical (unpaired) electrons. The quantitative estimate of drug-likeness (QED) is 0.548.